The molecular formula is C16H18ClNO. The van der Waals surface area contributed by atoms with Gasteiger partial charge in [-0.3, -0.25) is 0 Å². The van der Waals surface area contributed by atoms with Crippen LogP contribution in [0.1, 0.15) is 12.0 Å². The van der Waals surface area contributed by atoms with E-state index in [9.17, 15) is 0 Å². The summed E-state index contributed by atoms with van der Waals surface area (Å²) in [7, 11) is 0. The van der Waals surface area contributed by atoms with Gasteiger partial charge in [-0.15, -0.1) is 11.6 Å². The molecule has 0 atom stereocenters. The molecule has 0 unspecified atom stereocenters. The predicted octanol–water partition coefficient (Wildman–Crippen LogP) is 4.31. The summed E-state index contributed by atoms with van der Waals surface area (Å²) in [5, 5.41) is 3.37. The van der Waals surface area contributed by atoms with E-state index in [-0.39, 0.29) is 0 Å². The summed E-state index contributed by atoms with van der Waals surface area (Å²) >= 11 is 5.80. The molecule has 0 spiro atoms. The Balaban J connectivity index is 1.66. The fraction of sp³-hybridized carbons (Fsp3) is 0.250. The van der Waals surface area contributed by atoms with Crippen LogP contribution >= 0.6 is 11.6 Å². The van der Waals surface area contributed by atoms with Crippen molar-refractivity contribution in [2.24, 2.45) is 0 Å². The van der Waals surface area contributed by atoms with E-state index in [0.717, 1.165) is 30.0 Å². The Bertz CT molecular complexity index is 487. The van der Waals surface area contributed by atoms with Gasteiger partial charge in [0.05, 0.1) is 6.61 Å². The van der Waals surface area contributed by atoms with Gasteiger partial charge in [0, 0.05) is 18.1 Å². The molecule has 2 aromatic rings. The number of hydrogen-bond donors (Lipinski definition) is 1. The summed E-state index contributed by atoms with van der Waals surface area (Å²) in [5.74, 6) is 1.47. The zero-order chi connectivity index (χ0) is 13.3. The molecule has 0 saturated carbocycles. The fourth-order valence-corrected chi connectivity index (χ4v) is 1.94. The third kappa shape index (κ3) is 4.84. The van der Waals surface area contributed by atoms with E-state index in [0.29, 0.717) is 12.5 Å². The van der Waals surface area contributed by atoms with E-state index in [1.54, 1.807) is 0 Å². The molecule has 0 fully saturated rings. The van der Waals surface area contributed by atoms with Crippen LogP contribution in [-0.2, 0) is 5.88 Å². The first-order valence-corrected chi connectivity index (χ1v) is 6.98. The highest BCUT2D eigenvalue weighted by Gasteiger charge is 1.95. The van der Waals surface area contributed by atoms with Gasteiger partial charge in [-0.25, -0.2) is 0 Å². The van der Waals surface area contributed by atoms with Crippen LogP contribution in [0.15, 0.2) is 54.6 Å². The highest BCUT2D eigenvalue weighted by atomic mass is 35.5. The van der Waals surface area contributed by atoms with Gasteiger partial charge in [-0.1, -0.05) is 30.3 Å². The SMILES string of the molecule is ClCc1cccc(NCCCOc2ccccc2)c1. The maximum Gasteiger partial charge on any atom is 0.119 e. The monoisotopic (exact) mass is 275 g/mol. The quantitative estimate of drug-likeness (QED) is 0.601. The molecule has 0 aliphatic rings. The van der Waals surface area contributed by atoms with Crippen LogP contribution in [0.2, 0.25) is 0 Å². The second kappa shape index (κ2) is 7.70. The molecule has 0 amide bonds. The average Bonchev–Trinajstić information content (AvgIpc) is 2.48. The third-order valence-corrected chi connectivity index (χ3v) is 3.05. The lowest BCUT2D eigenvalue weighted by Crippen LogP contribution is -2.07. The first kappa shape index (κ1) is 13.8. The molecule has 1 N–H and O–H groups in total. The normalized spacial score (nSPS) is 10.2. The van der Waals surface area contributed by atoms with Crippen molar-refractivity contribution in [2.45, 2.75) is 12.3 Å². The van der Waals surface area contributed by atoms with Crippen molar-refractivity contribution in [1.82, 2.24) is 0 Å². The first-order valence-electron chi connectivity index (χ1n) is 6.45. The minimum atomic E-state index is 0.548. The number of hydrogen-bond acceptors (Lipinski definition) is 2. The van der Waals surface area contributed by atoms with Crippen LogP contribution in [0.3, 0.4) is 0 Å². The lowest BCUT2D eigenvalue weighted by Gasteiger charge is -2.08. The maximum atomic E-state index is 5.80. The Kier molecular flexibility index (Phi) is 5.57. The smallest absolute Gasteiger partial charge is 0.119 e. The molecule has 0 saturated heterocycles. The zero-order valence-electron chi connectivity index (χ0n) is 10.8. The zero-order valence-corrected chi connectivity index (χ0v) is 11.6. The second-order valence-corrected chi connectivity index (χ2v) is 4.54. The molecule has 0 aliphatic carbocycles. The second-order valence-electron chi connectivity index (χ2n) is 4.28. The number of halogens is 1. The minimum absolute atomic E-state index is 0.548. The van der Waals surface area contributed by atoms with Gasteiger partial charge >= 0.3 is 0 Å². The topological polar surface area (TPSA) is 21.3 Å². The number of nitrogens with one attached hydrogen (secondary N) is 1. The molecular weight excluding hydrogens is 258 g/mol. The van der Waals surface area contributed by atoms with Crippen LogP contribution in [-0.4, -0.2) is 13.2 Å². The van der Waals surface area contributed by atoms with Crippen LogP contribution < -0.4 is 10.1 Å². The standard InChI is InChI=1S/C16H18ClNO/c17-13-14-6-4-7-15(12-14)18-10-5-11-19-16-8-2-1-3-9-16/h1-4,6-9,12,18H,5,10-11,13H2. The van der Waals surface area contributed by atoms with Crippen LogP contribution in [0, 0.1) is 0 Å². The molecule has 2 rings (SSSR count). The van der Waals surface area contributed by atoms with Crippen molar-refractivity contribution in [3.63, 3.8) is 0 Å². The van der Waals surface area contributed by atoms with Crippen molar-refractivity contribution < 1.29 is 4.74 Å². The molecule has 0 bridgehead atoms. The van der Waals surface area contributed by atoms with Gasteiger partial charge in [-0.2, -0.15) is 0 Å². The molecule has 2 aromatic carbocycles. The summed E-state index contributed by atoms with van der Waals surface area (Å²) in [6.45, 7) is 1.60. The Morgan fingerprint density at radius 1 is 1.00 bits per heavy atom. The highest BCUT2D eigenvalue weighted by Crippen LogP contribution is 2.12. The van der Waals surface area contributed by atoms with Crippen molar-refractivity contribution >= 4 is 17.3 Å². The molecule has 0 heterocycles. The summed E-state index contributed by atoms with van der Waals surface area (Å²) in [6.07, 6.45) is 0.958. The number of rotatable bonds is 7. The first-order chi connectivity index (χ1) is 9.38. The molecule has 19 heavy (non-hydrogen) atoms. The van der Waals surface area contributed by atoms with E-state index in [1.165, 1.54) is 0 Å². The number of para-hydroxylation sites is 1. The van der Waals surface area contributed by atoms with Crippen molar-refractivity contribution in [3.05, 3.63) is 60.2 Å². The molecule has 0 aromatic heterocycles. The molecule has 0 aliphatic heterocycles. The predicted molar refractivity (Wildman–Crippen MR) is 81.0 cm³/mol. The summed E-state index contributed by atoms with van der Waals surface area (Å²) in [6, 6.07) is 18.0. The molecule has 100 valence electrons. The number of benzene rings is 2. The Labute approximate surface area is 119 Å². The largest absolute Gasteiger partial charge is 0.494 e. The van der Waals surface area contributed by atoms with Crippen LogP contribution in [0.4, 0.5) is 5.69 Å². The Morgan fingerprint density at radius 3 is 2.63 bits per heavy atom. The van der Waals surface area contributed by atoms with E-state index in [1.807, 2.05) is 48.5 Å². The third-order valence-electron chi connectivity index (χ3n) is 2.74. The van der Waals surface area contributed by atoms with E-state index < -0.39 is 0 Å². The van der Waals surface area contributed by atoms with Gasteiger partial charge in [0.25, 0.3) is 0 Å². The average molecular weight is 276 g/mol. The van der Waals surface area contributed by atoms with E-state index >= 15 is 0 Å². The van der Waals surface area contributed by atoms with Crippen molar-refractivity contribution in [3.8, 4) is 5.75 Å². The van der Waals surface area contributed by atoms with Crippen LogP contribution in [0.5, 0.6) is 5.75 Å². The maximum absolute atomic E-state index is 5.80. The van der Waals surface area contributed by atoms with Crippen molar-refractivity contribution in [2.75, 3.05) is 18.5 Å². The Hall–Kier alpha value is -1.67. The summed E-state index contributed by atoms with van der Waals surface area (Å²) in [4.78, 5) is 0. The number of ether oxygens (including phenoxy) is 1. The summed E-state index contributed by atoms with van der Waals surface area (Å²) < 4.78 is 5.63. The van der Waals surface area contributed by atoms with Gasteiger partial charge in [0.1, 0.15) is 5.75 Å². The fourth-order valence-electron chi connectivity index (χ4n) is 1.78. The van der Waals surface area contributed by atoms with Gasteiger partial charge in [0.2, 0.25) is 0 Å². The summed E-state index contributed by atoms with van der Waals surface area (Å²) in [5.41, 5.74) is 2.24. The van der Waals surface area contributed by atoms with E-state index in [2.05, 4.69) is 11.4 Å². The van der Waals surface area contributed by atoms with Gasteiger partial charge < -0.3 is 10.1 Å². The minimum Gasteiger partial charge on any atom is -0.494 e. The molecule has 3 heteroatoms. The lowest BCUT2D eigenvalue weighted by molar-refractivity contribution is 0.315. The van der Waals surface area contributed by atoms with Crippen molar-refractivity contribution in [1.29, 1.82) is 0 Å². The highest BCUT2D eigenvalue weighted by molar-refractivity contribution is 6.17. The van der Waals surface area contributed by atoms with Gasteiger partial charge in [0.15, 0.2) is 0 Å². The van der Waals surface area contributed by atoms with E-state index in [4.69, 9.17) is 16.3 Å². The molecule has 2 nitrogen and oxygen atoms in total. The lowest BCUT2D eigenvalue weighted by atomic mass is 10.2. The van der Waals surface area contributed by atoms with Crippen LogP contribution in [0.25, 0.3) is 0 Å². The number of anilines is 1. The molecule has 0 radical (unpaired) electrons. The van der Waals surface area contributed by atoms with Gasteiger partial charge in [-0.05, 0) is 36.2 Å². The Morgan fingerprint density at radius 2 is 1.84 bits per heavy atom. The number of alkyl halides is 1.